The molecule has 0 aromatic heterocycles. The number of ether oxygens (including phenoxy) is 2. The third-order valence-electron chi connectivity index (χ3n) is 3.55. The molecular formula is C20H23NO4. The van der Waals surface area contributed by atoms with Crippen LogP contribution in [0, 0.1) is 20.8 Å². The first-order valence-electron chi connectivity index (χ1n) is 8.11. The summed E-state index contributed by atoms with van der Waals surface area (Å²) in [7, 11) is 0. The SMILES string of the molecule is Cc1ccc(NC(=O)[C@@H](C)OC(=O)COc2cc(C)cc(C)c2)cc1. The molecule has 0 fully saturated rings. The molecule has 132 valence electrons. The van der Waals surface area contributed by atoms with Crippen molar-refractivity contribution in [2.75, 3.05) is 11.9 Å². The summed E-state index contributed by atoms with van der Waals surface area (Å²) in [5.41, 5.74) is 3.86. The first-order valence-corrected chi connectivity index (χ1v) is 8.11. The molecule has 0 unspecified atom stereocenters. The van der Waals surface area contributed by atoms with E-state index >= 15 is 0 Å². The number of esters is 1. The van der Waals surface area contributed by atoms with Crippen molar-refractivity contribution in [1.29, 1.82) is 0 Å². The number of carbonyl (C=O) groups excluding carboxylic acids is 2. The van der Waals surface area contributed by atoms with Crippen LogP contribution in [0.5, 0.6) is 5.75 Å². The molecule has 0 aliphatic carbocycles. The number of nitrogens with one attached hydrogen (secondary N) is 1. The van der Waals surface area contributed by atoms with Crippen molar-refractivity contribution in [3.05, 3.63) is 59.2 Å². The molecule has 2 aromatic rings. The van der Waals surface area contributed by atoms with E-state index in [9.17, 15) is 9.59 Å². The van der Waals surface area contributed by atoms with E-state index in [2.05, 4.69) is 5.32 Å². The first-order chi connectivity index (χ1) is 11.8. The maximum absolute atomic E-state index is 12.1. The van der Waals surface area contributed by atoms with Gasteiger partial charge in [0, 0.05) is 5.69 Å². The summed E-state index contributed by atoms with van der Waals surface area (Å²) < 4.78 is 10.5. The third kappa shape index (κ3) is 5.95. The van der Waals surface area contributed by atoms with Gasteiger partial charge in [0.1, 0.15) is 5.75 Å². The molecule has 0 saturated heterocycles. The minimum Gasteiger partial charge on any atom is -0.482 e. The van der Waals surface area contributed by atoms with E-state index in [1.807, 2.05) is 51.1 Å². The Kier molecular flexibility index (Phi) is 6.17. The van der Waals surface area contributed by atoms with Crippen molar-refractivity contribution >= 4 is 17.6 Å². The lowest BCUT2D eigenvalue weighted by atomic mass is 10.1. The van der Waals surface area contributed by atoms with Crippen LogP contribution in [0.3, 0.4) is 0 Å². The molecule has 25 heavy (non-hydrogen) atoms. The van der Waals surface area contributed by atoms with E-state index in [4.69, 9.17) is 9.47 Å². The average molecular weight is 341 g/mol. The average Bonchev–Trinajstić information content (AvgIpc) is 2.54. The zero-order valence-electron chi connectivity index (χ0n) is 15.0. The zero-order chi connectivity index (χ0) is 18.4. The van der Waals surface area contributed by atoms with E-state index < -0.39 is 12.1 Å². The van der Waals surface area contributed by atoms with Gasteiger partial charge in [-0.2, -0.15) is 0 Å². The van der Waals surface area contributed by atoms with Crippen LogP contribution in [-0.2, 0) is 14.3 Å². The summed E-state index contributed by atoms with van der Waals surface area (Å²) >= 11 is 0. The Bertz CT molecular complexity index is 733. The van der Waals surface area contributed by atoms with Gasteiger partial charge >= 0.3 is 5.97 Å². The summed E-state index contributed by atoms with van der Waals surface area (Å²) in [6, 6.07) is 13.1. The number of benzene rings is 2. The topological polar surface area (TPSA) is 64.6 Å². The number of carbonyl (C=O) groups is 2. The lowest BCUT2D eigenvalue weighted by Crippen LogP contribution is -2.31. The predicted octanol–water partition coefficient (Wildman–Crippen LogP) is 3.56. The Morgan fingerprint density at radius 3 is 2.16 bits per heavy atom. The molecule has 0 aliphatic heterocycles. The van der Waals surface area contributed by atoms with Crippen LogP contribution in [0.4, 0.5) is 5.69 Å². The standard InChI is InChI=1S/C20H23NO4/c1-13-5-7-17(8-6-13)21-20(23)16(4)25-19(22)12-24-18-10-14(2)9-15(3)11-18/h5-11,16H,12H2,1-4H3,(H,21,23)/t16-/m1/s1. The van der Waals surface area contributed by atoms with Crippen molar-refractivity contribution in [3.63, 3.8) is 0 Å². The Balaban J connectivity index is 1.82. The second-order valence-electron chi connectivity index (χ2n) is 6.10. The summed E-state index contributed by atoms with van der Waals surface area (Å²) in [5.74, 6) is -0.375. The van der Waals surface area contributed by atoms with Crippen molar-refractivity contribution in [1.82, 2.24) is 0 Å². The molecule has 5 heteroatoms. The normalized spacial score (nSPS) is 11.5. The highest BCUT2D eigenvalue weighted by Gasteiger charge is 2.18. The van der Waals surface area contributed by atoms with Crippen LogP contribution in [0.1, 0.15) is 23.6 Å². The minimum absolute atomic E-state index is 0.245. The van der Waals surface area contributed by atoms with Crippen LogP contribution < -0.4 is 10.1 Å². The van der Waals surface area contributed by atoms with Gasteiger partial charge in [0.15, 0.2) is 12.7 Å². The molecule has 0 aliphatic rings. The second-order valence-corrected chi connectivity index (χ2v) is 6.10. The molecule has 5 nitrogen and oxygen atoms in total. The van der Waals surface area contributed by atoms with Gasteiger partial charge in [-0.25, -0.2) is 4.79 Å². The molecule has 0 heterocycles. The van der Waals surface area contributed by atoms with Crippen molar-refractivity contribution in [2.24, 2.45) is 0 Å². The van der Waals surface area contributed by atoms with E-state index in [0.29, 0.717) is 11.4 Å². The predicted molar refractivity (Wildman–Crippen MR) is 96.8 cm³/mol. The lowest BCUT2D eigenvalue weighted by molar-refractivity contribution is -0.155. The Morgan fingerprint density at radius 1 is 0.960 bits per heavy atom. The van der Waals surface area contributed by atoms with Gasteiger partial charge < -0.3 is 14.8 Å². The number of hydrogen-bond donors (Lipinski definition) is 1. The van der Waals surface area contributed by atoms with Crippen LogP contribution in [0.15, 0.2) is 42.5 Å². The van der Waals surface area contributed by atoms with E-state index in [0.717, 1.165) is 16.7 Å². The molecule has 0 spiro atoms. The summed E-state index contributed by atoms with van der Waals surface area (Å²) in [6.07, 6.45) is -0.906. The quantitative estimate of drug-likeness (QED) is 0.816. The lowest BCUT2D eigenvalue weighted by Gasteiger charge is -2.14. The maximum atomic E-state index is 12.1. The molecule has 1 atom stereocenters. The number of rotatable bonds is 6. The van der Waals surface area contributed by atoms with E-state index in [-0.39, 0.29) is 12.5 Å². The fourth-order valence-electron chi connectivity index (χ4n) is 2.32. The Hall–Kier alpha value is -2.82. The molecule has 2 aromatic carbocycles. The summed E-state index contributed by atoms with van der Waals surface area (Å²) in [6.45, 7) is 7.15. The molecular weight excluding hydrogens is 318 g/mol. The summed E-state index contributed by atoms with van der Waals surface area (Å²) in [4.78, 5) is 23.9. The molecule has 0 bridgehead atoms. The van der Waals surface area contributed by atoms with Gasteiger partial charge in [-0.1, -0.05) is 23.8 Å². The van der Waals surface area contributed by atoms with Crippen LogP contribution in [0.25, 0.3) is 0 Å². The number of anilines is 1. The summed E-state index contributed by atoms with van der Waals surface area (Å²) in [5, 5.41) is 2.71. The van der Waals surface area contributed by atoms with Crippen molar-refractivity contribution in [2.45, 2.75) is 33.8 Å². The van der Waals surface area contributed by atoms with Gasteiger partial charge in [-0.05, 0) is 63.1 Å². The molecule has 0 radical (unpaired) electrons. The third-order valence-corrected chi connectivity index (χ3v) is 3.55. The highest BCUT2D eigenvalue weighted by Crippen LogP contribution is 2.16. The maximum Gasteiger partial charge on any atom is 0.344 e. The molecule has 0 saturated carbocycles. The Morgan fingerprint density at radius 2 is 1.56 bits per heavy atom. The van der Waals surface area contributed by atoms with Gasteiger partial charge in [0.05, 0.1) is 0 Å². The first kappa shape index (κ1) is 18.5. The largest absolute Gasteiger partial charge is 0.482 e. The van der Waals surface area contributed by atoms with Gasteiger partial charge in [-0.3, -0.25) is 4.79 Å². The number of amides is 1. The smallest absolute Gasteiger partial charge is 0.344 e. The minimum atomic E-state index is -0.906. The van der Waals surface area contributed by atoms with Gasteiger partial charge in [0.25, 0.3) is 5.91 Å². The fraction of sp³-hybridized carbons (Fsp3) is 0.300. The number of aryl methyl sites for hydroxylation is 3. The van der Waals surface area contributed by atoms with Crippen LogP contribution in [0.2, 0.25) is 0 Å². The fourth-order valence-corrected chi connectivity index (χ4v) is 2.32. The Labute approximate surface area is 148 Å². The van der Waals surface area contributed by atoms with Gasteiger partial charge in [0.2, 0.25) is 0 Å². The molecule has 2 rings (SSSR count). The monoisotopic (exact) mass is 341 g/mol. The number of hydrogen-bond acceptors (Lipinski definition) is 4. The van der Waals surface area contributed by atoms with Crippen LogP contribution >= 0.6 is 0 Å². The highest BCUT2D eigenvalue weighted by molar-refractivity contribution is 5.95. The molecule has 1 amide bonds. The zero-order valence-corrected chi connectivity index (χ0v) is 15.0. The van der Waals surface area contributed by atoms with E-state index in [1.54, 1.807) is 12.1 Å². The van der Waals surface area contributed by atoms with E-state index in [1.165, 1.54) is 6.92 Å². The van der Waals surface area contributed by atoms with Crippen LogP contribution in [-0.4, -0.2) is 24.6 Å². The second kappa shape index (κ2) is 8.33. The van der Waals surface area contributed by atoms with Crippen molar-refractivity contribution < 1.29 is 19.1 Å². The van der Waals surface area contributed by atoms with Gasteiger partial charge in [-0.15, -0.1) is 0 Å². The van der Waals surface area contributed by atoms with Crippen molar-refractivity contribution in [3.8, 4) is 5.75 Å². The highest BCUT2D eigenvalue weighted by atomic mass is 16.6. The molecule has 1 N–H and O–H groups in total.